The lowest BCUT2D eigenvalue weighted by Gasteiger charge is -2.23. The Balaban J connectivity index is 0.00000180. The highest BCUT2D eigenvalue weighted by Gasteiger charge is 2.25. The number of nitrogens with one attached hydrogen (secondary N) is 3. The van der Waals surface area contributed by atoms with E-state index in [0.29, 0.717) is 34.1 Å². The number of nitrogens with zero attached hydrogens (tertiary/aromatic N) is 5. The molecular weight excluding hydrogens is 391 g/mol. The van der Waals surface area contributed by atoms with Gasteiger partial charge in [-0.05, 0) is 32.2 Å². The summed E-state index contributed by atoms with van der Waals surface area (Å²) in [7, 11) is 0. The smallest absolute Gasteiger partial charge is 0.232 e. The van der Waals surface area contributed by atoms with Crippen molar-refractivity contribution in [2.75, 3.05) is 18.4 Å². The summed E-state index contributed by atoms with van der Waals surface area (Å²) in [6.07, 6.45) is 8.22. The monoisotopic (exact) mass is 410 g/mol. The zero-order valence-corrected chi connectivity index (χ0v) is 16.1. The molecule has 0 bridgehead atoms. The number of aromatic amines is 1. The standard InChI is InChI=1S/C16H19ClN8O.ClH/c17-13-12-14(24-23-13)21-16(20-9-6-19-25(8-9)10-3-4-10)22-15(12)26-11-2-1-5-18-7-11;/h6,8,10-11,18H,1-5,7H2,(H2,20,21,22,23,24);1H/t11-;/m1./s1. The summed E-state index contributed by atoms with van der Waals surface area (Å²) >= 11 is 6.20. The molecule has 144 valence electrons. The number of fused-ring (bicyclic) bond motifs is 1. The van der Waals surface area contributed by atoms with Crippen LogP contribution in [0.25, 0.3) is 11.0 Å². The second-order valence-corrected chi connectivity index (χ2v) is 7.10. The SMILES string of the molecule is Cl.Clc1n[nH]c2nc(Nc3cnn(C4CC4)c3)nc(O[C@@H]3CCCNC3)c12. The van der Waals surface area contributed by atoms with Crippen molar-refractivity contribution < 1.29 is 4.74 Å². The maximum atomic E-state index is 6.20. The summed E-state index contributed by atoms with van der Waals surface area (Å²) in [4.78, 5) is 9.00. The summed E-state index contributed by atoms with van der Waals surface area (Å²) in [6, 6.07) is 0.526. The van der Waals surface area contributed by atoms with Crippen molar-refractivity contribution in [2.45, 2.75) is 37.8 Å². The van der Waals surface area contributed by atoms with Crippen LogP contribution in [0.3, 0.4) is 0 Å². The van der Waals surface area contributed by atoms with Gasteiger partial charge in [0.25, 0.3) is 0 Å². The molecule has 11 heteroatoms. The van der Waals surface area contributed by atoms with Crippen LogP contribution < -0.4 is 15.4 Å². The molecule has 1 aliphatic heterocycles. The van der Waals surface area contributed by atoms with Crippen molar-refractivity contribution in [3.05, 3.63) is 17.5 Å². The number of hydrogen-bond donors (Lipinski definition) is 3. The summed E-state index contributed by atoms with van der Waals surface area (Å²) in [5, 5.41) is 18.7. The normalized spacial score (nSPS) is 19.7. The Morgan fingerprint density at radius 2 is 2.15 bits per heavy atom. The Hall–Kier alpha value is -2.10. The first-order valence-corrected chi connectivity index (χ1v) is 9.24. The van der Waals surface area contributed by atoms with Gasteiger partial charge in [0.1, 0.15) is 11.5 Å². The van der Waals surface area contributed by atoms with Gasteiger partial charge in [-0.1, -0.05) is 11.6 Å². The van der Waals surface area contributed by atoms with Crippen LogP contribution >= 0.6 is 24.0 Å². The van der Waals surface area contributed by atoms with Crippen LogP contribution in [0.5, 0.6) is 5.88 Å². The van der Waals surface area contributed by atoms with E-state index in [1.54, 1.807) is 6.20 Å². The largest absolute Gasteiger partial charge is 0.472 e. The average Bonchev–Trinajstić information content (AvgIpc) is 3.29. The predicted octanol–water partition coefficient (Wildman–Crippen LogP) is 2.83. The van der Waals surface area contributed by atoms with Gasteiger partial charge in [-0.2, -0.15) is 20.2 Å². The summed E-state index contributed by atoms with van der Waals surface area (Å²) < 4.78 is 8.09. The first-order valence-electron chi connectivity index (χ1n) is 8.86. The molecule has 27 heavy (non-hydrogen) atoms. The fraction of sp³-hybridized carbons (Fsp3) is 0.500. The molecule has 0 spiro atoms. The second-order valence-electron chi connectivity index (χ2n) is 6.74. The topological polar surface area (TPSA) is 106 Å². The Bertz CT molecular complexity index is 932. The van der Waals surface area contributed by atoms with Crippen molar-refractivity contribution in [3.63, 3.8) is 0 Å². The summed E-state index contributed by atoms with van der Waals surface area (Å²) in [5.74, 6) is 0.867. The highest BCUT2D eigenvalue weighted by Crippen LogP contribution is 2.35. The lowest BCUT2D eigenvalue weighted by atomic mass is 10.1. The molecule has 4 heterocycles. The third kappa shape index (κ3) is 3.80. The van der Waals surface area contributed by atoms with Crippen LogP contribution in [0, 0.1) is 0 Å². The predicted molar refractivity (Wildman–Crippen MR) is 104 cm³/mol. The van der Waals surface area contributed by atoms with Crippen LogP contribution in [0.4, 0.5) is 11.6 Å². The number of anilines is 2. The minimum atomic E-state index is 0. The van der Waals surface area contributed by atoms with Gasteiger partial charge in [-0.3, -0.25) is 9.78 Å². The molecule has 0 unspecified atom stereocenters. The zero-order valence-electron chi connectivity index (χ0n) is 14.5. The number of hydrogen-bond acceptors (Lipinski definition) is 7. The number of ether oxygens (including phenoxy) is 1. The molecule has 2 fully saturated rings. The molecule has 0 radical (unpaired) electrons. The van der Waals surface area contributed by atoms with E-state index in [1.807, 2.05) is 10.9 Å². The zero-order chi connectivity index (χ0) is 17.5. The molecule has 3 N–H and O–H groups in total. The Morgan fingerprint density at radius 1 is 1.26 bits per heavy atom. The lowest BCUT2D eigenvalue weighted by Crippen LogP contribution is -2.37. The molecule has 5 rings (SSSR count). The maximum Gasteiger partial charge on any atom is 0.232 e. The lowest BCUT2D eigenvalue weighted by molar-refractivity contribution is 0.163. The van der Waals surface area contributed by atoms with Gasteiger partial charge in [-0.15, -0.1) is 12.4 Å². The molecular formula is C16H20Cl2N8O. The van der Waals surface area contributed by atoms with Gasteiger partial charge >= 0.3 is 0 Å². The van der Waals surface area contributed by atoms with E-state index in [-0.39, 0.29) is 18.5 Å². The highest BCUT2D eigenvalue weighted by atomic mass is 35.5. The number of piperidine rings is 1. The average molecular weight is 411 g/mol. The molecule has 3 aromatic rings. The van der Waals surface area contributed by atoms with E-state index in [9.17, 15) is 0 Å². The van der Waals surface area contributed by atoms with Crippen molar-refractivity contribution in [3.8, 4) is 5.88 Å². The van der Waals surface area contributed by atoms with E-state index in [0.717, 1.165) is 31.6 Å². The first kappa shape index (κ1) is 18.3. The van der Waals surface area contributed by atoms with Gasteiger partial charge in [0.15, 0.2) is 10.8 Å². The highest BCUT2D eigenvalue weighted by molar-refractivity contribution is 6.34. The fourth-order valence-corrected chi connectivity index (χ4v) is 3.37. The molecule has 1 aliphatic carbocycles. The molecule has 9 nitrogen and oxygen atoms in total. The summed E-state index contributed by atoms with van der Waals surface area (Å²) in [5.41, 5.74) is 1.38. The first-order chi connectivity index (χ1) is 12.8. The van der Waals surface area contributed by atoms with Crippen LogP contribution in [-0.4, -0.2) is 49.1 Å². The van der Waals surface area contributed by atoms with Crippen LogP contribution in [0.1, 0.15) is 31.7 Å². The van der Waals surface area contributed by atoms with Gasteiger partial charge in [0.05, 0.1) is 17.9 Å². The molecule has 1 saturated carbocycles. The Labute approximate surface area is 166 Å². The second kappa shape index (κ2) is 7.49. The van der Waals surface area contributed by atoms with Crippen LogP contribution in [-0.2, 0) is 0 Å². The van der Waals surface area contributed by atoms with Crippen LogP contribution in [0.15, 0.2) is 12.4 Å². The Morgan fingerprint density at radius 3 is 2.93 bits per heavy atom. The van der Waals surface area contributed by atoms with Crippen molar-refractivity contribution in [2.24, 2.45) is 0 Å². The number of aromatic nitrogens is 6. The van der Waals surface area contributed by atoms with Crippen molar-refractivity contribution >= 4 is 46.7 Å². The van der Waals surface area contributed by atoms with E-state index in [4.69, 9.17) is 16.3 Å². The minimum absolute atomic E-state index is 0. The van der Waals surface area contributed by atoms with Gasteiger partial charge in [-0.25, -0.2) is 0 Å². The minimum Gasteiger partial charge on any atom is -0.472 e. The third-order valence-electron chi connectivity index (χ3n) is 4.65. The van der Waals surface area contributed by atoms with Gasteiger partial charge < -0.3 is 15.4 Å². The molecule has 1 saturated heterocycles. The van der Waals surface area contributed by atoms with E-state index in [2.05, 4.69) is 35.9 Å². The van der Waals surface area contributed by atoms with Gasteiger partial charge in [0, 0.05) is 12.7 Å². The molecule has 0 aromatic carbocycles. The fourth-order valence-electron chi connectivity index (χ4n) is 3.15. The van der Waals surface area contributed by atoms with Crippen molar-refractivity contribution in [1.29, 1.82) is 0 Å². The number of halogens is 2. The van der Waals surface area contributed by atoms with E-state index in [1.165, 1.54) is 12.8 Å². The van der Waals surface area contributed by atoms with E-state index >= 15 is 0 Å². The van der Waals surface area contributed by atoms with Gasteiger partial charge in [0.2, 0.25) is 11.8 Å². The van der Waals surface area contributed by atoms with Crippen molar-refractivity contribution in [1.82, 2.24) is 35.3 Å². The maximum absolute atomic E-state index is 6.20. The third-order valence-corrected chi connectivity index (χ3v) is 4.92. The summed E-state index contributed by atoms with van der Waals surface area (Å²) in [6.45, 7) is 1.81. The molecule has 0 amide bonds. The van der Waals surface area contributed by atoms with E-state index < -0.39 is 0 Å². The molecule has 1 atom stereocenters. The quantitative estimate of drug-likeness (QED) is 0.593. The Kier molecular flexibility index (Phi) is 5.07. The number of H-pyrrole nitrogens is 1. The van der Waals surface area contributed by atoms with Crippen LogP contribution in [0.2, 0.25) is 5.15 Å². The number of rotatable bonds is 5. The molecule has 2 aliphatic rings. The molecule has 3 aromatic heterocycles.